The van der Waals surface area contributed by atoms with Crippen molar-refractivity contribution in [2.45, 2.75) is 39.5 Å². The monoisotopic (exact) mass is 354 g/mol. The summed E-state index contributed by atoms with van der Waals surface area (Å²) in [7, 11) is 0. The van der Waals surface area contributed by atoms with Crippen LogP contribution in [-0.4, -0.2) is 12.5 Å². The summed E-state index contributed by atoms with van der Waals surface area (Å²) in [4.78, 5) is 14.0. The van der Waals surface area contributed by atoms with Gasteiger partial charge in [-0.15, -0.1) is 11.3 Å². The SMILES string of the molecule is CCOc1ccccc1C(=O)Nc1sc2c(c1C#N)CCC(CC)C2. The van der Waals surface area contributed by atoms with Crippen LogP contribution < -0.4 is 10.1 Å². The van der Waals surface area contributed by atoms with E-state index in [4.69, 9.17) is 4.74 Å². The lowest BCUT2D eigenvalue weighted by atomic mass is 9.86. The second-order valence-electron chi connectivity index (χ2n) is 6.22. The van der Waals surface area contributed by atoms with Crippen LogP contribution in [-0.2, 0) is 12.8 Å². The molecule has 3 rings (SSSR count). The Kier molecular flexibility index (Phi) is 5.40. The summed E-state index contributed by atoms with van der Waals surface area (Å²) in [5, 5.41) is 13.2. The first kappa shape index (κ1) is 17.5. The van der Waals surface area contributed by atoms with Crippen molar-refractivity contribution in [3.63, 3.8) is 0 Å². The van der Waals surface area contributed by atoms with Crippen molar-refractivity contribution >= 4 is 22.2 Å². The van der Waals surface area contributed by atoms with Gasteiger partial charge >= 0.3 is 0 Å². The van der Waals surface area contributed by atoms with Gasteiger partial charge in [0.25, 0.3) is 5.91 Å². The lowest BCUT2D eigenvalue weighted by Gasteiger charge is -2.20. The molecule has 1 aliphatic rings. The molecular weight excluding hydrogens is 332 g/mol. The van der Waals surface area contributed by atoms with Gasteiger partial charge in [0.15, 0.2) is 0 Å². The molecule has 0 fully saturated rings. The topological polar surface area (TPSA) is 62.1 Å². The van der Waals surface area contributed by atoms with Crippen LogP contribution in [0.3, 0.4) is 0 Å². The number of para-hydroxylation sites is 1. The number of rotatable bonds is 5. The third kappa shape index (κ3) is 3.54. The zero-order chi connectivity index (χ0) is 17.8. The Morgan fingerprint density at radius 1 is 1.40 bits per heavy atom. The largest absolute Gasteiger partial charge is 0.493 e. The maximum atomic E-state index is 12.7. The van der Waals surface area contributed by atoms with Crippen molar-refractivity contribution in [3.8, 4) is 11.8 Å². The fourth-order valence-electron chi connectivity index (χ4n) is 3.32. The number of hydrogen-bond donors (Lipinski definition) is 1. The van der Waals surface area contributed by atoms with Crippen molar-refractivity contribution in [2.24, 2.45) is 5.92 Å². The van der Waals surface area contributed by atoms with Crippen molar-refractivity contribution < 1.29 is 9.53 Å². The first-order chi connectivity index (χ1) is 12.2. The molecular formula is C20H22N2O2S. The minimum absolute atomic E-state index is 0.230. The highest BCUT2D eigenvalue weighted by atomic mass is 32.1. The summed E-state index contributed by atoms with van der Waals surface area (Å²) in [5.41, 5.74) is 2.26. The van der Waals surface area contributed by atoms with Crippen molar-refractivity contribution in [3.05, 3.63) is 45.8 Å². The van der Waals surface area contributed by atoms with Gasteiger partial charge < -0.3 is 10.1 Å². The van der Waals surface area contributed by atoms with Gasteiger partial charge in [0, 0.05) is 4.88 Å². The van der Waals surface area contributed by atoms with E-state index in [0.717, 1.165) is 31.2 Å². The highest BCUT2D eigenvalue weighted by molar-refractivity contribution is 7.16. The molecule has 1 aromatic carbocycles. The van der Waals surface area contributed by atoms with Gasteiger partial charge in [-0.1, -0.05) is 25.5 Å². The molecule has 0 bridgehead atoms. The molecule has 1 aliphatic carbocycles. The van der Waals surface area contributed by atoms with E-state index in [-0.39, 0.29) is 5.91 Å². The number of hydrogen-bond acceptors (Lipinski definition) is 4. The number of fused-ring (bicyclic) bond motifs is 1. The van der Waals surface area contributed by atoms with Crippen molar-refractivity contribution in [1.29, 1.82) is 5.26 Å². The van der Waals surface area contributed by atoms with Crippen LogP contribution in [0.25, 0.3) is 0 Å². The number of anilines is 1. The van der Waals surface area contributed by atoms with Crippen molar-refractivity contribution in [2.75, 3.05) is 11.9 Å². The minimum atomic E-state index is -0.230. The summed E-state index contributed by atoms with van der Waals surface area (Å²) in [5.74, 6) is 1.01. The predicted molar refractivity (Wildman–Crippen MR) is 100 cm³/mol. The summed E-state index contributed by atoms with van der Waals surface area (Å²) in [6, 6.07) is 9.49. The molecule has 1 atom stereocenters. The number of carbonyl (C=O) groups excluding carboxylic acids is 1. The summed E-state index contributed by atoms with van der Waals surface area (Å²) in [6.07, 6.45) is 4.22. The highest BCUT2D eigenvalue weighted by Gasteiger charge is 2.26. The van der Waals surface area contributed by atoms with E-state index in [1.807, 2.05) is 19.1 Å². The van der Waals surface area contributed by atoms with Gasteiger partial charge in [0.1, 0.15) is 16.8 Å². The maximum absolute atomic E-state index is 12.7. The van der Waals surface area contributed by atoms with Crippen LogP contribution in [0, 0.1) is 17.2 Å². The Morgan fingerprint density at radius 3 is 2.92 bits per heavy atom. The number of amides is 1. The number of nitrogens with one attached hydrogen (secondary N) is 1. The fraction of sp³-hybridized carbons (Fsp3) is 0.400. The number of benzene rings is 1. The molecule has 0 saturated heterocycles. The molecule has 1 heterocycles. The standard InChI is InChI=1S/C20H22N2O2S/c1-3-13-9-10-14-16(12-21)20(25-18(14)11-13)22-19(23)15-7-5-6-8-17(15)24-4-2/h5-8,13H,3-4,9-11H2,1-2H3,(H,22,23). The number of thiophene rings is 1. The molecule has 25 heavy (non-hydrogen) atoms. The Morgan fingerprint density at radius 2 is 2.20 bits per heavy atom. The van der Waals surface area contributed by atoms with E-state index in [0.29, 0.717) is 34.4 Å². The van der Waals surface area contributed by atoms with E-state index in [2.05, 4.69) is 18.3 Å². The summed E-state index contributed by atoms with van der Waals surface area (Å²) in [6.45, 7) is 4.60. The molecule has 1 aromatic heterocycles. The first-order valence-electron chi connectivity index (χ1n) is 8.75. The van der Waals surface area contributed by atoms with Crippen LogP contribution in [0.1, 0.15) is 53.1 Å². The molecule has 1 N–H and O–H groups in total. The smallest absolute Gasteiger partial charge is 0.260 e. The predicted octanol–water partition coefficient (Wildman–Crippen LogP) is 4.79. The van der Waals surface area contributed by atoms with Gasteiger partial charge in [-0.25, -0.2) is 0 Å². The maximum Gasteiger partial charge on any atom is 0.260 e. The molecule has 0 spiro atoms. The van der Waals surface area contributed by atoms with Crippen LogP contribution in [0.15, 0.2) is 24.3 Å². The molecule has 2 aromatic rings. The molecule has 0 saturated carbocycles. The third-order valence-electron chi connectivity index (χ3n) is 4.72. The second kappa shape index (κ2) is 7.71. The van der Waals surface area contributed by atoms with E-state index in [9.17, 15) is 10.1 Å². The second-order valence-corrected chi connectivity index (χ2v) is 7.33. The molecule has 130 valence electrons. The lowest BCUT2D eigenvalue weighted by molar-refractivity contribution is 0.102. The first-order valence-corrected chi connectivity index (χ1v) is 9.57. The number of ether oxygens (including phenoxy) is 1. The Balaban J connectivity index is 1.88. The molecule has 4 nitrogen and oxygen atoms in total. The average Bonchev–Trinajstić information content (AvgIpc) is 2.98. The van der Waals surface area contributed by atoms with Gasteiger partial charge in [0.05, 0.1) is 17.7 Å². The Bertz CT molecular complexity index is 820. The third-order valence-corrected chi connectivity index (χ3v) is 5.88. The van der Waals surface area contributed by atoms with Crippen LogP contribution in [0.5, 0.6) is 5.75 Å². The number of nitriles is 1. The Labute approximate surface area is 152 Å². The molecule has 5 heteroatoms. The van der Waals surface area contributed by atoms with Gasteiger partial charge in [-0.05, 0) is 49.8 Å². The fourth-order valence-corrected chi connectivity index (χ4v) is 4.62. The number of nitrogens with zero attached hydrogens (tertiary/aromatic N) is 1. The zero-order valence-electron chi connectivity index (χ0n) is 14.6. The lowest BCUT2D eigenvalue weighted by Crippen LogP contribution is -2.14. The Hall–Kier alpha value is -2.32. The van der Waals surface area contributed by atoms with E-state index in [1.54, 1.807) is 23.5 Å². The van der Waals surface area contributed by atoms with Gasteiger partial charge in [0.2, 0.25) is 0 Å². The van der Waals surface area contributed by atoms with Gasteiger partial charge in [-0.3, -0.25) is 4.79 Å². The van der Waals surface area contributed by atoms with Gasteiger partial charge in [-0.2, -0.15) is 5.26 Å². The van der Waals surface area contributed by atoms with E-state index < -0.39 is 0 Å². The van der Waals surface area contributed by atoms with Crippen LogP contribution >= 0.6 is 11.3 Å². The summed E-state index contributed by atoms with van der Waals surface area (Å²) >= 11 is 1.55. The molecule has 0 radical (unpaired) electrons. The highest BCUT2D eigenvalue weighted by Crippen LogP contribution is 2.40. The molecule has 0 aliphatic heterocycles. The van der Waals surface area contributed by atoms with Crippen LogP contribution in [0.2, 0.25) is 0 Å². The van der Waals surface area contributed by atoms with Crippen molar-refractivity contribution in [1.82, 2.24) is 0 Å². The quantitative estimate of drug-likeness (QED) is 0.840. The normalized spacial score (nSPS) is 16.0. The zero-order valence-corrected chi connectivity index (χ0v) is 15.4. The minimum Gasteiger partial charge on any atom is -0.493 e. The number of carbonyl (C=O) groups is 1. The van der Waals surface area contributed by atoms with E-state index in [1.165, 1.54) is 4.88 Å². The average molecular weight is 354 g/mol. The molecule has 1 amide bonds. The summed E-state index contributed by atoms with van der Waals surface area (Å²) < 4.78 is 5.54. The molecule has 1 unspecified atom stereocenters. The van der Waals surface area contributed by atoms with E-state index >= 15 is 0 Å². The van der Waals surface area contributed by atoms with Crippen LogP contribution in [0.4, 0.5) is 5.00 Å².